The molecule has 1 aromatic carbocycles. The van der Waals surface area contributed by atoms with E-state index in [2.05, 4.69) is 10.3 Å². The molecule has 4 heteroatoms. The minimum absolute atomic E-state index is 0.208. The number of nitrogens with one attached hydrogen (secondary N) is 1. The number of hydrogen-bond donors (Lipinski definition) is 1. The summed E-state index contributed by atoms with van der Waals surface area (Å²) in [6.07, 6.45) is 2.94. The number of hydrogen-bond acceptors (Lipinski definition) is 3. The fraction of sp³-hybridized carbons (Fsp3) is 0.214. The summed E-state index contributed by atoms with van der Waals surface area (Å²) in [6, 6.07) is 9.27. The number of carbonyl (C=O) groups is 2. The maximum Gasteiger partial charge on any atom is 0.217 e. The van der Waals surface area contributed by atoms with Crippen LogP contribution in [0.15, 0.2) is 36.5 Å². The molecule has 0 saturated carbocycles. The van der Waals surface area contributed by atoms with E-state index in [4.69, 9.17) is 0 Å². The van der Waals surface area contributed by atoms with Crippen molar-refractivity contribution in [1.82, 2.24) is 10.3 Å². The standard InChI is InChI=1S/C14H14N2O2/c1-10(18)16-13(9-17)7-11-6-12-4-2-3-5-14(12)15-8-11/h2-6,8-9,13H,7H2,1H3,(H,16,18)/t13-/m1/s1. The molecule has 1 heterocycles. The highest BCUT2D eigenvalue weighted by molar-refractivity contribution is 5.79. The van der Waals surface area contributed by atoms with E-state index in [0.29, 0.717) is 6.42 Å². The zero-order chi connectivity index (χ0) is 13.0. The number of aromatic nitrogens is 1. The van der Waals surface area contributed by atoms with Gasteiger partial charge in [-0.2, -0.15) is 0 Å². The molecule has 4 nitrogen and oxygen atoms in total. The Bertz CT molecular complexity index is 581. The summed E-state index contributed by atoms with van der Waals surface area (Å²) < 4.78 is 0. The van der Waals surface area contributed by atoms with Crippen LogP contribution in [0.3, 0.4) is 0 Å². The Labute approximate surface area is 105 Å². The van der Waals surface area contributed by atoms with Gasteiger partial charge in [-0.05, 0) is 17.7 Å². The zero-order valence-electron chi connectivity index (χ0n) is 10.1. The highest BCUT2D eigenvalue weighted by Crippen LogP contribution is 2.13. The van der Waals surface area contributed by atoms with Crippen LogP contribution in [-0.4, -0.2) is 23.2 Å². The summed E-state index contributed by atoms with van der Waals surface area (Å²) in [4.78, 5) is 26.1. The SMILES string of the molecule is CC(=O)N[C@@H](C=O)Cc1cnc2ccccc2c1. The molecular formula is C14H14N2O2. The van der Waals surface area contributed by atoms with Crippen LogP contribution in [0.25, 0.3) is 10.9 Å². The van der Waals surface area contributed by atoms with Crippen LogP contribution in [0.5, 0.6) is 0 Å². The molecule has 1 N–H and O–H groups in total. The molecule has 0 radical (unpaired) electrons. The van der Waals surface area contributed by atoms with Crippen molar-refractivity contribution in [2.75, 3.05) is 0 Å². The van der Waals surface area contributed by atoms with Gasteiger partial charge in [0.25, 0.3) is 0 Å². The molecule has 0 saturated heterocycles. The number of carbonyl (C=O) groups excluding carboxylic acids is 2. The first-order valence-electron chi connectivity index (χ1n) is 5.75. The van der Waals surface area contributed by atoms with Crippen LogP contribution in [0.2, 0.25) is 0 Å². The molecule has 92 valence electrons. The van der Waals surface area contributed by atoms with Gasteiger partial charge >= 0.3 is 0 Å². The van der Waals surface area contributed by atoms with Crippen LogP contribution in [0, 0.1) is 0 Å². The molecule has 0 unspecified atom stereocenters. The topological polar surface area (TPSA) is 59.1 Å². The predicted molar refractivity (Wildman–Crippen MR) is 69.1 cm³/mol. The first kappa shape index (κ1) is 12.2. The summed E-state index contributed by atoms with van der Waals surface area (Å²) in [5.74, 6) is -0.208. The number of fused-ring (bicyclic) bond motifs is 1. The Balaban J connectivity index is 2.20. The first-order chi connectivity index (χ1) is 8.69. The van der Waals surface area contributed by atoms with Gasteiger partial charge in [0.15, 0.2) is 0 Å². The third kappa shape index (κ3) is 2.91. The maximum atomic E-state index is 10.9. The summed E-state index contributed by atoms with van der Waals surface area (Å²) in [5, 5.41) is 3.62. The Morgan fingerprint density at radius 1 is 1.44 bits per heavy atom. The molecule has 1 atom stereocenters. The molecule has 0 aliphatic heterocycles. The first-order valence-corrected chi connectivity index (χ1v) is 5.75. The van der Waals surface area contributed by atoms with E-state index in [0.717, 1.165) is 22.8 Å². The van der Waals surface area contributed by atoms with Crippen molar-refractivity contribution in [2.24, 2.45) is 0 Å². The van der Waals surface area contributed by atoms with Crippen LogP contribution in [-0.2, 0) is 16.0 Å². The van der Waals surface area contributed by atoms with E-state index in [9.17, 15) is 9.59 Å². The zero-order valence-corrected chi connectivity index (χ0v) is 10.1. The monoisotopic (exact) mass is 242 g/mol. The van der Waals surface area contributed by atoms with Gasteiger partial charge in [-0.3, -0.25) is 9.78 Å². The molecule has 0 spiro atoms. The van der Waals surface area contributed by atoms with Gasteiger partial charge in [0.05, 0.1) is 11.6 Å². The average molecular weight is 242 g/mol. The van der Waals surface area contributed by atoms with Crippen LogP contribution in [0.1, 0.15) is 12.5 Å². The van der Waals surface area contributed by atoms with E-state index in [1.54, 1.807) is 6.20 Å². The lowest BCUT2D eigenvalue weighted by atomic mass is 10.1. The quantitative estimate of drug-likeness (QED) is 0.826. The van der Waals surface area contributed by atoms with Gasteiger partial charge in [0.1, 0.15) is 6.29 Å². The molecular weight excluding hydrogens is 228 g/mol. The summed E-state index contributed by atoms with van der Waals surface area (Å²) in [6.45, 7) is 1.40. The van der Waals surface area contributed by atoms with E-state index in [1.807, 2.05) is 30.3 Å². The third-order valence-corrected chi connectivity index (χ3v) is 2.66. The van der Waals surface area contributed by atoms with E-state index < -0.39 is 6.04 Å². The fourth-order valence-corrected chi connectivity index (χ4v) is 1.88. The van der Waals surface area contributed by atoms with Crippen LogP contribution in [0.4, 0.5) is 0 Å². The summed E-state index contributed by atoms with van der Waals surface area (Å²) in [5.41, 5.74) is 1.85. The summed E-state index contributed by atoms with van der Waals surface area (Å²) >= 11 is 0. The summed E-state index contributed by atoms with van der Waals surface area (Å²) in [7, 11) is 0. The fourth-order valence-electron chi connectivity index (χ4n) is 1.88. The second kappa shape index (κ2) is 5.40. The van der Waals surface area contributed by atoms with Gasteiger partial charge in [0, 0.05) is 24.9 Å². The Kier molecular flexibility index (Phi) is 3.67. The van der Waals surface area contributed by atoms with E-state index in [1.165, 1.54) is 6.92 Å². The lowest BCUT2D eigenvalue weighted by molar-refractivity contribution is -0.122. The molecule has 0 bridgehead atoms. The smallest absolute Gasteiger partial charge is 0.217 e. The van der Waals surface area contributed by atoms with Gasteiger partial charge in [-0.25, -0.2) is 0 Å². The number of nitrogens with zero attached hydrogens (tertiary/aromatic N) is 1. The van der Waals surface area contributed by atoms with Crippen molar-refractivity contribution < 1.29 is 9.59 Å². The van der Waals surface area contributed by atoms with E-state index in [-0.39, 0.29) is 5.91 Å². The number of amides is 1. The van der Waals surface area contributed by atoms with Gasteiger partial charge in [-0.15, -0.1) is 0 Å². The van der Waals surface area contributed by atoms with Gasteiger partial charge in [0.2, 0.25) is 5.91 Å². The highest BCUT2D eigenvalue weighted by atomic mass is 16.2. The van der Waals surface area contributed by atoms with Crippen molar-refractivity contribution >= 4 is 23.1 Å². The maximum absolute atomic E-state index is 10.9. The predicted octanol–water partition coefficient (Wildman–Crippen LogP) is 1.48. The largest absolute Gasteiger partial charge is 0.346 e. The molecule has 18 heavy (non-hydrogen) atoms. The van der Waals surface area contributed by atoms with Crippen molar-refractivity contribution in [3.05, 3.63) is 42.1 Å². The van der Waals surface area contributed by atoms with Crippen molar-refractivity contribution in [2.45, 2.75) is 19.4 Å². The number of aldehydes is 1. The molecule has 2 rings (SSSR count). The molecule has 0 aliphatic rings. The van der Waals surface area contributed by atoms with Crippen molar-refractivity contribution in [3.63, 3.8) is 0 Å². The number of rotatable bonds is 4. The Hall–Kier alpha value is -2.23. The van der Waals surface area contributed by atoms with Gasteiger partial charge < -0.3 is 10.1 Å². The Morgan fingerprint density at radius 2 is 2.22 bits per heavy atom. The lowest BCUT2D eigenvalue weighted by Gasteiger charge is -2.11. The molecule has 1 aromatic heterocycles. The normalized spacial score (nSPS) is 12.1. The number of benzene rings is 1. The highest BCUT2D eigenvalue weighted by Gasteiger charge is 2.10. The minimum atomic E-state index is -0.495. The molecule has 0 fully saturated rings. The number of para-hydroxylation sites is 1. The van der Waals surface area contributed by atoms with Crippen molar-refractivity contribution in [1.29, 1.82) is 0 Å². The van der Waals surface area contributed by atoms with E-state index >= 15 is 0 Å². The Morgan fingerprint density at radius 3 is 2.94 bits per heavy atom. The van der Waals surface area contributed by atoms with Crippen molar-refractivity contribution in [3.8, 4) is 0 Å². The second-order valence-corrected chi connectivity index (χ2v) is 4.18. The van der Waals surface area contributed by atoms with Gasteiger partial charge in [-0.1, -0.05) is 18.2 Å². The average Bonchev–Trinajstić information content (AvgIpc) is 2.37. The van der Waals surface area contributed by atoms with Crippen LogP contribution >= 0.6 is 0 Å². The third-order valence-electron chi connectivity index (χ3n) is 2.66. The van der Waals surface area contributed by atoms with Crippen LogP contribution < -0.4 is 5.32 Å². The minimum Gasteiger partial charge on any atom is -0.346 e. The lowest BCUT2D eigenvalue weighted by Crippen LogP contribution is -2.35. The number of pyridine rings is 1. The molecule has 1 amide bonds. The second-order valence-electron chi connectivity index (χ2n) is 4.18. The molecule has 0 aliphatic carbocycles. The molecule has 2 aromatic rings.